The van der Waals surface area contributed by atoms with Gasteiger partial charge in [-0.05, 0) is 30.8 Å². The third-order valence-corrected chi connectivity index (χ3v) is 5.88. The van der Waals surface area contributed by atoms with Gasteiger partial charge in [-0.1, -0.05) is 18.2 Å². The van der Waals surface area contributed by atoms with Gasteiger partial charge in [-0.15, -0.1) is 0 Å². The zero-order valence-corrected chi connectivity index (χ0v) is 16.4. The fourth-order valence-electron chi connectivity index (χ4n) is 3.48. The van der Waals surface area contributed by atoms with E-state index < -0.39 is 11.1 Å². The van der Waals surface area contributed by atoms with Crippen LogP contribution in [0.5, 0.6) is 0 Å². The van der Waals surface area contributed by atoms with Gasteiger partial charge in [-0.3, -0.25) is 19.3 Å². The van der Waals surface area contributed by atoms with Gasteiger partial charge in [0.15, 0.2) is 0 Å². The molecule has 0 radical (unpaired) electrons. The molecule has 0 unspecified atom stereocenters. The normalized spacial score (nSPS) is 19.2. The zero-order valence-electron chi connectivity index (χ0n) is 15.6. The van der Waals surface area contributed by atoms with E-state index in [2.05, 4.69) is 11.5 Å². The molecule has 3 amide bonds. The summed E-state index contributed by atoms with van der Waals surface area (Å²) in [7, 11) is 0. The number of fused-ring (bicyclic) bond motifs is 1. The summed E-state index contributed by atoms with van der Waals surface area (Å²) in [6.07, 6.45) is 3.73. The van der Waals surface area contributed by atoms with Gasteiger partial charge in [0.2, 0.25) is 5.91 Å². The molecule has 2 aromatic rings. The number of carbonyl (C=O) groups excluding carboxylic acids is 3. The summed E-state index contributed by atoms with van der Waals surface area (Å²) in [6, 6.07) is 7.96. The zero-order chi connectivity index (χ0) is 19.7. The lowest BCUT2D eigenvalue weighted by molar-refractivity contribution is -0.139. The highest BCUT2D eigenvalue weighted by molar-refractivity contribution is 8.18. The maximum atomic E-state index is 12.8. The molecular formula is C20H21N3O4S. The number of nitrogens with zero attached hydrogens (tertiary/aromatic N) is 3. The molecule has 1 aromatic heterocycles. The van der Waals surface area contributed by atoms with Gasteiger partial charge in [0.25, 0.3) is 11.1 Å². The first-order valence-corrected chi connectivity index (χ1v) is 10.1. The Morgan fingerprint density at radius 1 is 1.21 bits per heavy atom. The first-order valence-electron chi connectivity index (χ1n) is 9.27. The molecule has 0 saturated carbocycles. The van der Waals surface area contributed by atoms with Crippen LogP contribution in [-0.2, 0) is 20.9 Å². The number of imide groups is 1. The highest BCUT2D eigenvalue weighted by Gasteiger charge is 2.37. The van der Waals surface area contributed by atoms with Crippen molar-refractivity contribution < 1.29 is 19.1 Å². The number of morpholine rings is 1. The molecule has 2 aliphatic rings. The Balaban J connectivity index is 1.56. The Morgan fingerprint density at radius 2 is 1.96 bits per heavy atom. The van der Waals surface area contributed by atoms with Crippen molar-refractivity contribution in [3.05, 3.63) is 40.9 Å². The third kappa shape index (κ3) is 3.45. The molecule has 0 atom stereocenters. The number of hydrogen-bond donors (Lipinski definition) is 0. The molecule has 4 rings (SSSR count). The quantitative estimate of drug-likeness (QED) is 0.739. The second-order valence-corrected chi connectivity index (χ2v) is 7.64. The number of para-hydroxylation sites is 1. The minimum Gasteiger partial charge on any atom is -0.378 e. The topological polar surface area (TPSA) is 71.8 Å². The fraction of sp³-hybridized carbons (Fsp3) is 0.350. The number of thioether (sulfide) groups is 1. The number of aromatic nitrogens is 1. The summed E-state index contributed by atoms with van der Waals surface area (Å²) in [6.45, 7) is 4.58. The van der Waals surface area contributed by atoms with E-state index in [0.29, 0.717) is 31.2 Å². The maximum Gasteiger partial charge on any atom is 0.294 e. The van der Waals surface area contributed by atoms with E-state index in [1.165, 1.54) is 0 Å². The fourth-order valence-corrected chi connectivity index (χ4v) is 4.31. The van der Waals surface area contributed by atoms with E-state index in [9.17, 15) is 14.4 Å². The van der Waals surface area contributed by atoms with Crippen LogP contribution in [0.1, 0.15) is 12.5 Å². The van der Waals surface area contributed by atoms with Gasteiger partial charge >= 0.3 is 0 Å². The average molecular weight is 399 g/mol. The Morgan fingerprint density at radius 3 is 2.71 bits per heavy atom. The molecular weight excluding hydrogens is 378 g/mol. The summed E-state index contributed by atoms with van der Waals surface area (Å²) >= 11 is 0.885. The van der Waals surface area contributed by atoms with Crippen LogP contribution in [0.25, 0.3) is 17.0 Å². The van der Waals surface area contributed by atoms with E-state index in [4.69, 9.17) is 4.74 Å². The number of hydrogen-bond acceptors (Lipinski definition) is 5. The number of amides is 3. The Kier molecular flexibility index (Phi) is 5.23. The molecule has 0 aliphatic carbocycles. The molecule has 0 bridgehead atoms. The molecule has 2 saturated heterocycles. The average Bonchev–Trinajstić information content (AvgIpc) is 3.21. The molecule has 0 spiro atoms. The van der Waals surface area contributed by atoms with Gasteiger partial charge in [-0.2, -0.15) is 0 Å². The van der Waals surface area contributed by atoms with Crippen molar-refractivity contribution in [1.82, 2.24) is 14.4 Å². The number of aryl methyl sites for hydroxylation is 1. The second-order valence-electron chi connectivity index (χ2n) is 6.65. The van der Waals surface area contributed by atoms with Crippen molar-refractivity contribution in [3.8, 4) is 0 Å². The van der Waals surface area contributed by atoms with Gasteiger partial charge in [0.05, 0.1) is 18.1 Å². The van der Waals surface area contributed by atoms with Crippen LogP contribution in [-0.4, -0.2) is 64.3 Å². The van der Waals surface area contributed by atoms with Gasteiger partial charge in [-0.25, -0.2) is 0 Å². The molecule has 2 fully saturated rings. The minimum atomic E-state index is -0.412. The van der Waals surface area contributed by atoms with Crippen LogP contribution in [0.15, 0.2) is 35.4 Å². The van der Waals surface area contributed by atoms with E-state index in [1.54, 1.807) is 11.0 Å². The van der Waals surface area contributed by atoms with Crippen LogP contribution in [0.4, 0.5) is 4.79 Å². The molecule has 2 aliphatic heterocycles. The number of rotatable bonds is 4. The van der Waals surface area contributed by atoms with E-state index in [-0.39, 0.29) is 12.5 Å². The highest BCUT2D eigenvalue weighted by atomic mass is 32.2. The highest BCUT2D eigenvalue weighted by Crippen LogP contribution is 2.34. The summed E-state index contributed by atoms with van der Waals surface area (Å²) in [4.78, 5) is 40.6. The van der Waals surface area contributed by atoms with Crippen LogP contribution in [0, 0.1) is 0 Å². The number of carbonyl (C=O) groups is 3. The van der Waals surface area contributed by atoms with Gasteiger partial charge in [0, 0.05) is 42.3 Å². The molecule has 146 valence electrons. The van der Waals surface area contributed by atoms with E-state index in [1.807, 2.05) is 30.5 Å². The maximum absolute atomic E-state index is 12.8. The summed E-state index contributed by atoms with van der Waals surface area (Å²) in [5.41, 5.74) is 1.97. The van der Waals surface area contributed by atoms with Crippen molar-refractivity contribution in [1.29, 1.82) is 0 Å². The molecule has 8 heteroatoms. The van der Waals surface area contributed by atoms with Crippen molar-refractivity contribution in [2.75, 3.05) is 32.8 Å². The Labute approximate surface area is 166 Å². The lowest BCUT2D eigenvalue weighted by Gasteiger charge is -2.28. The Bertz CT molecular complexity index is 975. The minimum absolute atomic E-state index is 0.223. The second kappa shape index (κ2) is 7.81. The van der Waals surface area contributed by atoms with Crippen LogP contribution < -0.4 is 0 Å². The SMILES string of the molecule is CCn1cc(/C=C2\SC(=O)N(CC(=O)N3CCOCC3)C2=O)c2ccccc21. The predicted octanol–water partition coefficient (Wildman–Crippen LogP) is 2.56. The summed E-state index contributed by atoms with van der Waals surface area (Å²) in [5, 5.41) is 0.623. The van der Waals surface area contributed by atoms with E-state index in [0.717, 1.165) is 39.7 Å². The Hall–Kier alpha value is -2.58. The van der Waals surface area contributed by atoms with Crippen LogP contribution >= 0.6 is 11.8 Å². The van der Waals surface area contributed by atoms with Crippen molar-refractivity contribution in [2.45, 2.75) is 13.5 Å². The smallest absolute Gasteiger partial charge is 0.294 e. The van der Waals surface area contributed by atoms with E-state index >= 15 is 0 Å². The molecule has 28 heavy (non-hydrogen) atoms. The third-order valence-electron chi connectivity index (χ3n) is 4.98. The molecule has 3 heterocycles. The standard InChI is InChI=1S/C20H21N3O4S/c1-2-21-12-14(15-5-3-4-6-16(15)21)11-17-19(25)23(20(26)28-17)13-18(24)22-7-9-27-10-8-22/h3-6,11-12H,2,7-10,13H2,1H3/b17-11-. The van der Waals surface area contributed by atoms with Crippen LogP contribution in [0.2, 0.25) is 0 Å². The van der Waals surface area contributed by atoms with Gasteiger partial charge in [0.1, 0.15) is 6.54 Å². The first-order chi connectivity index (χ1) is 13.6. The molecule has 0 N–H and O–H groups in total. The first kappa shape index (κ1) is 18.8. The van der Waals surface area contributed by atoms with Gasteiger partial charge < -0.3 is 14.2 Å². The summed E-state index contributed by atoms with van der Waals surface area (Å²) < 4.78 is 7.34. The monoisotopic (exact) mass is 399 g/mol. The lowest BCUT2D eigenvalue weighted by atomic mass is 10.1. The predicted molar refractivity (Wildman–Crippen MR) is 108 cm³/mol. The number of ether oxygens (including phenoxy) is 1. The number of benzene rings is 1. The van der Waals surface area contributed by atoms with Crippen LogP contribution in [0.3, 0.4) is 0 Å². The van der Waals surface area contributed by atoms with Crippen molar-refractivity contribution in [3.63, 3.8) is 0 Å². The largest absolute Gasteiger partial charge is 0.378 e. The lowest BCUT2D eigenvalue weighted by Crippen LogP contribution is -2.46. The van der Waals surface area contributed by atoms with Crippen molar-refractivity contribution in [2.24, 2.45) is 0 Å². The van der Waals surface area contributed by atoms with Crippen molar-refractivity contribution >= 4 is 45.8 Å². The molecule has 1 aromatic carbocycles. The molecule has 7 nitrogen and oxygen atoms in total. The summed E-state index contributed by atoms with van der Waals surface area (Å²) in [5.74, 6) is -0.639.